The Kier molecular flexibility index (Phi) is 4.82. The second-order valence-electron chi connectivity index (χ2n) is 4.26. The molecule has 21 heavy (non-hydrogen) atoms. The molecule has 0 aliphatic heterocycles. The van der Waals surface area contributed by atoms with E-state index < -0.39 is 9.05 Å². The molecule has 0 saturated carbocycles. The van der Waals surface area contributed by atoms with Crippen molar-refractivity contribution in [3.8, 4) is 0 Å². The first kappa shape index (κ1) is 15.3. The highest BCUT2D eigenvalue weighted by Gasteiger charge is 2.09. The Labute approximate surface area is 127 Å². The van der Waals surface area contributed by atoms with Gasteiger partial charge in [0.1, 0.15) is 0 Å². The second kappa shape index (κ2) is 6.60. The minimum atomic E-state index is -3.75. The molecule has 2 aromatic rings. The van der Waals surface area contributed by atoms with E-state index >= 15 is 0 Å². The molecule has 7 heteroatoms. The van der Waals surface area contributed by atoms with Crippen molar-refractivity contribution in [2.75, 3.05) is 5.32 Å². The van der Waals surface area contributed by atoms with Gasteiger partial charge in [0.2, 0.25) is 0 Å². The van der Waals surface area contributed by atoms with E-state index in [9.17, 15) is 13.2 Å². The SMILES string of the molecule is O=C(NCc1ccccc1)Nc1ccc(S(=O)(=O)Cl)cc1. The summed E-state index contributed by atoms with van der Waals surface area (Å²) in [5, 5.41) is 5.30. The number of hydrogen-bond acceptors (Lipinski definition) is 3. The Morgan fingerprint density at radius 1 is 1.00 bits per heavy atom. The molecule has 2 N–H and O–H groups in total. The van der Waals surface area contributed by atoms with Gasteiger partial charge < -0.3 is 10.6 Å². The maximum atomic E-state index is 11.7. The molecule has 0 aliphatic carbocycles. The molecule has 0 bridgehead atoms. The Balaban J connectivity index is 1.91. The molecule has 5 nitrogen and oxygen atoms in total. The zero-order valence-electron chi connectivity index (χ0n) is 10.9. The van der Waals surface area contributed by atoms with Crippen LogP contribution in [0.25, 0.3) is 0 Å². The third-order valence-electron chi connectivity index (χ3n) is 2.69. The third kappa shape index (κ3) is 4.77. The normalized spacial score (nSPS) is 10.9. The van der Waals surface area contributed by atoms with E-state index in [0.717, 1.165) is 5.56 Å². The van der Waals surface area contributed by atoms with E-state index in [-0.39, 0.29) is 10.9 Å². The van der Waals surface area contributed by atoms with Crippen LogP contribution in [0.1, 0.15) is 5.56 Å². The minimum Gasteiger partial charge on any atom is -0.334 e. The molecule has 0 aliphatic rings. The van der Waals surface area contributed by atoms with Crippen LogP contribution in [0, 0.1) is 0 Å². The van der Waals surface area contributed by atoms with Crippen molar-refractivity contribution in [2.45, 2.75) is 11.4 Å². The Hall–Kier alpha value is -2.05. The molecular formula is C14H13ClN2O3S. The number of rotatable bonds is 4. The van der Waals surface area contributed by atoms with E-state index in [1.165, 1.54) is 24.3 Å². The lowest BCUT2D eigenvalue weighted by molar-refractivity contribution is 0.251. The molecule has 0 heterocycles. The summed E-state index contributed by atoms with van der Waals surface area (Å²) in [5.74, 6) is 0. The van der Waals surface area contributed by atoms with Crippen molar-refractivity contribution >= 4 is 31.5 Å². The first-order chi connectivity index (χ1) is 9.95. The molecule has 0 atom stereocenters. The predicted molar refractivity (Wildman–Crippen MR) is 81.8 cm³/mol. The molecular weight excluding hydrogens is 312 g/mol. The quantitative estimate of drug-likeness (QED) is 0.849. The van der Waals surface area contributed by atoms with Gasteiger partial charge in [-0.1, -0.05) is 30.3 Å². The molecule has 2 rings (SSSR count). The Morgan fingerprint density at radius 3 is 2.19 bits per heavy atom. The van der Waals surface area contributed by atoms with Gasteiger partial charge in [-0.3, -0.25) is 0 Å². The van der Waals surface area contributed by atoms with Crippen LogP contribution in [-0.4, -0.2) is 14.4 Å². The lowest BCUT2D eigenvalue weighted by Gasteiger charge is -2.08. The fourth-order valence-electron chi connectivity index (χ4n) is 1.65. The number of urea groups is 1. The number of benzene rings is 2. The molecule has 0 aromatic heterocycles. The number of anilines is 1. The van der Waals surface area contributed by atoms with Crippen molar-refractivity contribution in [3.63, 3.8) is 0 Å². The number of amides is 2. The molecule has 0 saturated heterocycles. The van der Waals surface area contributed by atoms with Gasteiger partial charge in [0.15, 0.2) is 0 Å². The zero-order valence-corrected chi connectivity index (χ0v) is 12.5. The van der Waals surface area contributed by atoms with Crippen molar-refractivity contribution < 1.29 is 13.2 Å². The minimum absolute atomic E-state index is 0.0144. The maximum Gasteiger partial charge on any atom is 0.319 e. The first-order valence-electron chi connectivity index (χ1n) is 6.09. The van der Waals surface area contributed by atoms with Crippen LogP contribution in [0.2, 0.25) is 0 Å². The standard InChI is InChI=1S/C14H13ClN2O3S/c15-21(19,20)13-8-6-12(7-9-13)17-14(18)16-10-11-4-2-1-3-5-11/h1-9H,10H2,(H2,16,17,18). The average molecular weight is 325 g/mol. The van der Waals surface area contributed by atoms with E-state index in [0.29, 0.717) is 12.2 Å². The maximum absolute atomic E-state index is 11.7. The van der Waals surface area contributed by atoms with Gasteiger partial charge in [-0.2, -0.15) is 0 Å². The number of carbonyl (C=O) groups is 1. The van der Waals surface area contributed by atoms with Crippen molar-refractivity contribution in [3.05, 3.63) is 60.2 Å². The zero-order chi connectivity index (χ0) is 15.3. The Bertz CT molecular complexity index is 716. The Morgan fingerprint density at radius 2 is 1.62 bits per heavy atom. The molecule has 0 unspecified atom stereocenters. The summed E-state index contributed by atoms with van der Waals surface area (Å²) in [6, 6.07) is 14.7. The van der Waals surface area contributed by atoms with E-state index in [2.05, 4.69) is 10.6 Å². The van der Waals surface area contributed by atoms with Crippen molar-refractivity contribution in [1.29, 1.82) is 0 Å². The van der Waals surface area contributed by atoms with Crippen LogP contribution in [0.5, 0.6) is 0 Å². The van der Waals surface area contributed by atoms with Gasteiger partial charge in [0.25, 0.3) is 9.05 Å². The molecule has 0 fully saturated rings. The lowest BCUT2D eigenvalue weighted by atomic mass is 10.2. The summed E-state index contributed by atoms with van der Waals surface area (Å²) in [4.78, 5) is 11.7. The fourth-order valence-corrected chi connectivity index (χ4v) is 2.42. The molecule has 110 valence electrons. The number of halogens is 1. The van der Waals surface area contributed by atoms with Gasteiger partial charge in [-0.15, -0.1) is 0 Å². The van der Waals surface area contributed by atoms with Gasteiger partial charge in [-0.05, 0) is 29.8 Å². The van der Waals surface area contributed by atoms with Crippen LogP contribution >= 0.6 is 10.7 Å². The summed E-state index contributed by atoms with van der Waals surface area (Å²) in [6.45, 7) is 0.404. The molecule has 2 aromatic carbocycles. The van der Waals surface area contributed by atoms with E-state index in [1.807, 2.05) is 30.3 Å². The largest absolute Gasteiger partial charge is 0.334 e. The number of hydrogen-bond donors (Lipinski definition) is 2. The van der Waals surface area contributed by atoms with Crippen LogP contribution < -0.4 is 10.6 Å². The molecule has 2 amide bonds. The van der Waals surface area contributed by atoms with Gasteiger partial charge in [0.05, 0.1) is 4.90 Å². The van der Waals surface area contributed by atoms with Crippen molar-refractivity contribution in [1.82, 2.24) is 5.32 Å². The summed E-state index contributed by atoms with van der Waals surface area (Å²) >= 11 is 0. The van der Waals surface area contributed by atoms with Crippen LogP contribution in [0.3, 0.4) is 0 Å². The molecule has 0 radical (unpaired) electrons. The smallest absolute Gasteiger partial charge is 0.319 e. The monoisotopic (exact) mass is 324 g/mol. The number of carbonyl (C=O) groups excluding carboxylic acids is 1. The highest BCUT2D eigenvalue weighted by Crippen LogP contribution is 2.17. The van der Waals surface area contributed by atoms with E-state index in [4.69, 9.17) is 10.7 Å². The third-order valence-corrected chi connectivity index (χ3v) is 4.06. The highest BCUT2D eigenvalue weighted by atomic mass is 35.7. The number of nitrogens with one attached hydrogen (secondary N) is 2. The van der Waals surface area contributed by atoms with Gasteiger partial charge >= 0.3 is 6.03 Å². The molecule has 0 spiro atoms. The highest BCUT2D eigenvalue weighted by molar-refractivity contribution is 8.13. The average Bonchev–Trinajstić information content (AvgIpc) is 2.46. The van der Waals surface area contributed by atoms with Crippen LogP contribution in [0.4, 0.5) is 10.5 Å². The van der Waals surface area contributed by atoms with E-state index in [1.54, 1.807) is 0 Å². The summed E-state index contributed by atoms with van der Waals surface area (Å²) < 4.78 is 22.2. The van der Waals surface area contributed by atoms with Crippen LogP contribution in [0.15, 0.2) is 59.5 Å². The van der Waals surface area contributed by atoms with Crippen molar-refractivity contribution in [2.24, 2.45) is 0 Å². The lowest BCUT2D eigenvalue weighted by Crippen LogP contribution is -2.28. The predicted octanol–water partition coefficient (Wildman–Crippen LogP) is 2.94. The topological polar surface area (TPSA) is 75.3 Å². The summed E-state index contributed by atoms with van der Waals surface area (Å²) in [6.07, 6.45) is 0. The van der Waals surface area contributed by atoms with Gasteiger partial charge in [0, 0.05) is 22.9 Å². The first-order valence-corrected chi connectivity index (χ1v) is 8.39. The van der Waals surface area contributed by atoms with Gasteiger partial charge in [-0.25, -0.2) is 13.2 Å². The fraction of sp³-hybridized carbons (Fsp3) is 0.0714. The summed E-state index contributed by atoms with van der Waals surface area (Å²) in [5.41, 5.74) is 1.46. The summed E-state index contributed by atoms with van der Waals surface area (Å²) in [7, 11) is 1.46. The van der Waals surface area contributed by atoms with Crippen LogP contribution in [-0.2, 0) is 15.6 Å². The second-order valence-corrected chi connectivity index (χ2v) is 6.82.